The van der Waals surface area contributed by atoms with Gasteiger partial charge >= 0.3 is 0 Å². The van der Waals surface area contributed by atoms with Gasteiger partial charge in [-0.2, -0.15) is 0 Å². The lowest BCUT2D eigenvalue weighted by Gasteiger charge is -2.19. The fourth-order valence-electron chi connectivity index (χ4n) is 3.21. The molecule has 4 aromatic rings. The first-order valence-electron chi connectivity index (χ1n) is 8.48. The Bertz CT molecular complexity index is 1090. The van der Waals surface area contributed by atoms with Crippen molar-refractivity contribution >= 4 is 28.5 Å². The number of hydrogen-bond acceptors (Lipinski definition) is 5. The van der Waals surface area contributed by atoms with E-state index >= 15 is 0 Å². The molecule has 26 heavy (non-hydrogen) atoms. The number of thiophene rings is 1. The molecule has 1 aliphatic rings. The number of rotatable bonds is 3. The summed E-state index contributed by atoms with van der Waals surface area (Å²) < 4.78 is 13.5. The van der Waals surface area contributed by atoms with Gasteiger partial charge in [0.1, 0.15) is 30.4 Å². The van der Waals surface area contributed by atoms with Crippen molar-refractivity contribution in [3.05, 3.63) is 59.6 Å². The lowest BCUT2D eigenvalue weighted by molar-refractivity contribution is 0.171. The van der Waals surface area contributed by atoms with Gasteiger partial charge < -0.3 is 14.8 Å². The summed E-state index contributed by atoms with van der Waals surface area (Å²) in [7, 11) is 0. The molecular weight excluding hydrogens is 346 g/mol. The van der Waals surface area contributed by atoms with Crippen LogP contribution in [-0.2, 0) is 0 Å². The lowest BCUT2D eigenvalue weighted by atomic mass is 10.2. The number of anilines is 2. The van der Waals surface area contributed by atoms with Gasteiger partial charge in [0.05, 0.1) is 4.88 Å². The number of ether oxygens (including phenoxy) is 2. The van der Waals surface area contributed by atoms with E-state index < -0.39 is 0 Å². The summed E-state index contributed by atoms with van der Waals surface area (Å²) in [6.07, 6.45) is 0. The van der Waals surface area contributed by atoms with Crippen LogP contribution in [0.2, 0.25) is 0 Å². The highest BCUT2D eigenvalue weighted by molar-refractivity contribution is 7.13. The van der Waals surface area contributed by atoms with Crippen molar-refractivity contribution in [2.24, 2.45) is 0 Å². The molecule has 5 nitrogen and oxygen atoms in total. The molecular formula is C20H17N3O2S. The molecule has 5 rings (SSSR count). The number of nitrogens with zero attached hydrogens (tertiary/aromatic N) is 2. The molecule has 0 radical (unpaired) electrons. The zero-order chi connectivity index (χ0) is 17.5. The minimum atomic E-state index is 0.575. The lowest BCUT2D eigenvalue weighted by Crippen LogP contribution is -2.15. The third-order valence-corrected chi connectivity index (χ3v) is 5.27. The van der Waals surface area contributed by atoms with E-state index in [1.807, 2.05) is 36.4 Å². The summed E-state index contributed by atoms with van der Waals surface area (Å²) in [5, 5.41) is 5.62. The number of fused-ring (bicyclic) bond motifs is 2. The highest BCUT2D eigenvalue weighted by Crippen LogP contribution is 2.37. The van der Waals surface area contributed by atoms with Crippen molar-refractivity contribution in [3.63, 3.8) is 0 Å². The average Bonchev–Trinajstić information content (AvgIpc) is 3.30. The Kier molecular flexibility index (Phi) is 3.57. The van der Waals surface area contributed by atoms with Crippen molar-refractivity contribution in [3.8, 4) is 22.1 Å². The molecule has 0 amide bonds. The molecule has 0 unspecified atom stereocenters. The Morgan fingerprint density at radius 1 is 1.04 bits per heavy atom. The van der Waals surface area contributed by atoms with Crippen molar-refractivity contribution in [2.75, 3.05) is 18.5 Å². The number of benzene rings is 1. The second kappa shape index (κ2) is 6.07. The van der Waals surface area contributed by atoms with Crippen LogP contribution in [0, 0.1) is 6.92 Å². The normalized spacial score (nSPS) is 13.1. The molecule has 0 bridgehead atoms. The fraction of sp³-hybridized carbons (Fsp3) is 0.150. The Labute approximate surface area is 154 Å². The van der Waals surface area contributed by atoms with Gasteiger partial charge in [0.2, 0.25) is 0 Å². The van der Waals surface area contributed by atoms with Crippen LogP contribution in [0.3, 0.4) is 0 Å². The first-order chi connectivity index (χ1) is 12.8. The Morgan fingerprint density at radius 2 is 1.92 bits per heavy atom. The van der Waals surface area contributed by atoms with Gasteiger partial charge in [-0.1, -0.05) is 12.1 Å². The number of pyridine rings is 1. The zero-order valence-electron chi connectivity index (χ0n) is 14.2. The molecule has 1 aliphatic heterocycles. The van der Waals surface area contributed by atoms with Crippen molar-refractivity contribution in [2.45, 2.75) is 6.92 Å². The van der Waals surface area contributed by atoms with Crippen LogP contribution in [-0.4, -0.2) is 22.6 Å². The number of aryl methyl sites for hydroxylation is 1. The fourth-order valence-corrected chi connectivity index (χ4v) is 3.93. The van der Waals surface area contributed by atoms with E-state index in [-0.39, 0.29) is 0 Å². The molecule has 0 saturated heterocycles. The van der Waals surface area contributed by atoms with E-state index in [1.54, 1.807) is 11.3 Å². The van der Waals surface area contributed by atoms with Crippen LogP contribution in [0.5, 0.6) is 11.5 Å². The Morgan fingerprint density at radius 3 is 2.77 bits per heavy atom. The quantitative estimate of drug-likeness (QED) is 0.563. The maximum absolute atomic E-state index is 5.71. The van der Waals surface area contributed by atoms with Crippen molar-refractivity contribution in [1.82, 2.24) is 9.38 Å². The topological polar surface area (TPSA) is 47.8 Å². The number of aromatic nitrogens is 2. The van der Waals surface area contributed by atoms with Crippen LogP contribution < -0.4 is 14.8 Å². The van der Waals surface area contributed by atoms with E-state index in [2.05, 4.69) is 34.2 Å². The highest BCUT2D eigenvalue weighted by atomic mass is 32.1. The van der Waals surface area contributed by atoms with Gasteiger partial charge in [-0.3, -0.25) is 4.40 Å². The third-order valence-electron chi connectivity index (χ3n) is 4.40. The van der Waals surface area contributed by atoms with E-state index in [0.717, 1.165) is 44.9 Å². The number of hydrogen-bond donors (Lipinski definition) is 1. The minimum absolute atomic E-state index is 0.575. The smallest absolute Gasteiger partial charge is 0.163 e. The molecule has 130 valence electrons. The van der Waals surface area contributed by atoms with Gasteiger partial charge in [-0.25, -0.2) is 4.98 Å². The first kappa shape index (κ1) is 15.3. The molecule has 4 heterocycles. The summed E-state index contributed by atoms with van der Waals surface area (Å²) in [6.45, 7) is 3.25. The van der Waals surface area contributed by atoms with Crippen LogP contribution >= 0.6 is 11.3 Å². The van der Waals surface area contributed by atoms with Crippen molar-refractivity contribution < 1.29 is 9.47 Å². The molecule has 0 aliphatic carbocycles. The van der Waals surface area contributed by atoms with Gasteiger partial charge in [-0.15, -0.1) is 11.3 Å². The van der Waals surface area contributed by atoms with Crippen LogP contribution in [0.15, 0.2) is 53.9 Å². The van der Waals surface area contributed by atoms with Gasteiger partial charge in [0.25, 0.3) is 0 Å². The largest absolute Gasteiger partial charge is 0.486 e. The average molecular weight is 363 g/mol. The molecule has 0 fully saturated rings. The maximum atomic E-state index is 5.71. The number of nitrogens with one attached hydrogen (secondary N) is 1. The Balaban J connectivity index is 1.65. The van der Waals surface area contributed by atoms with E-state index in [4.69, 9.17) is 14.5 Å². The predicted octanol–water partition coefficient (Wildman–Crippen LogP) is 4.89. The molecule has 0 saturated carbocycles. The summed E-state index contributed by atoms with van der Waals surface area (Å²) >= 11 is 1.68. The van der Waals surface area contributed by atoms with Crippen LogP contribution in [0.25, 0.3) is 16.2 Å². The van der Waals surface area contributed by atoms with E-state index in [0.29, 0.717) is 13.2 Å². The first-order valence-corrected chi connectivity index (χ1v) is 9.36. The van der Waals surface area contributed by atoms with Gasteiger partial charge in [0, 0.05) is 17.4 Å². The maximum Gasteiger partial charge on any atom is 0.163 e. The SMILES string of the molecule is Cc1cccc2nc(-c3cccs3)c(Nc3ccc4c(c3)OCCO4)n12. The standard InChI is InChI=1S/C20H17N3O2S/c1-13-4-2-6-18-22-19(17-5-3-11-26-17)20(23(13)18)21-14-7-8-15-16(12-14)25-10-9-24-15/h2-8,11-12,21H,9-10H2,1H3. The van der Waals surface area contributed by atoms with E-state index in [1.165, 1.54) is 0 Å². The second-order valence-corrected chi connectivity index (χ2v) is 7.08. The summed E-state index contributed by atoms with van der Waals surface area (Å²) in [4.78, 5) is 5.99. The predicted molar refractivity (Wildman–Crippen MR) is 104 cm³/mol. The molecule has 6 heteroatoms. The molecule has 1 aromatic carbocycles. The second-order valence-electron chi connectivity index (χ2n) is 6.13. The van der Waals surface area contributed by atoms with Gasteiger partial charge in [0.15, 0.2) is 11.5 Å². The monoisotopic (exact) mass is 363 g/mol. The molecule has 1 N–H and O–H groups in total. The van der Waals surface area contributed by atoms with Crippen LogP contribution in [0.1, 0.15) is 5.69 Å². The number of imidazole rings is 1. The highest BCUT2D eigenvalue weighted by Gasteiger charge is 2.18. The zero-order valence-corrected chi connectivity index (χ0v) is 15.0. The van der Waals surface area contributed by atoms with Crippen LogP contribution in [0.4, 0.5) is 11.5 Å². The van der Waals surface area contributed by atoms with Crippen molar-refractivity contribution in [1.29, 1.82) is 0 Å². The molecule has 0 spiro atoms. The summed E-state index contributed by atoms with van der Waals surface area (Å²) in [6, 6.07) is 16.2. The summed E-state index contributed by atoms with van der Waals surface area (Å²) in [5.74, 6) is 2.51. The summed E-state index contributed by atoms with van der Waals surface area (Å²) in [5.41, 5.74) is 3.94. The molecule has 3 aromatic heterocycles. The Hall–Kier alpha value is -2.99. The van der Waals surface area contributed by atoms with E-state index in [9.17, 15) is 0 Å². The van der Waals surface area contributed by atoms with Gasteiger partial charge in [-0.05, 0) is 42.6 Å². The third kappa shape index (κ3) is 2.50. The minimum Gasteiger partial charge on any atom is -0.486 e. The molecule has 0 atom stereocenters.